The molecule has 2 aromatic rings. The second-order valence-corrected chi connectivity index (χ2v) is 6.94. The van der Waals surface area contributed by atoms with Crippen molar-refractivity contribution in [1.29, 1.82) is 0 Å². The molecule has 24 heavy (non-hydrogen) atoms. The third-order valence-electron chi connectivity index (χ3n) is 4.04. The summed E-state index contributed by atoms with van der Waals surface area (Å²) in [7, 11) is 0. The minimum absolute atomic E-state index is 0.0935. The molecule has 4 nitrogen and oxygen atoms in total. The van der Waals surface area contributed by atoms with E-state index in [4.69, 9.17) is 0 Å². The smallest absolute Gasteiger partial charge is 0.251 e. The zero-order chi connectivity index (χ0) is 17.7. The SMILES string of the molecule is Cc1cc(C)c(CNC(=O)c2ccc(CCC(C)(C)O)cc2)cn1. The predicted molar refractivity (Wildman–Crippen MR) is 95.9 cm³/mol. The maximum Gasteiger partial charge on any atom is 0.251 e. The van der Waals surface area contributed by atoms with Gasteiger partial charge >= 0.3 is 0 Å². The summed E-state index contributed by atoms with van der Waals surface area (Å²) in [6, 6.07) is 9.56. The zero-order valence-corrected chi connectivity index (χ0v) is 14.9. The number of aryl methyl sites for hydroxylation is 3. The van der Waals surface area contributed by atoms with Gasteiger partial charge in [0.25, 0.3) is 5.91 Å². The van der Waals surface area contributed by atoms with Crippen LogP contribution in [0.15, 0.2) is 36.5 Å². The Kier molecular flexibility index (Phi) is 5.73. The van der Waals surface area contributed by atoms with Crippen molar-refractivity contribution in [2.45, 2.75) is 52.7 Å². The third kappa shape index (κ3) is 5.46. The second-order valence-electron chi connectivity index (χ2n) is 6.94. The topological polar surface area (TPSA) is 62.2 Å². The van der Waals surface area contributed by atoms with Crippen LogP contribution in [0.25, 0.3) is 0 Å². The monoisotopic (exact) mass is 326 g/mol. The normalized spacial score (nSPS) is 11.4. The molecule has 0 fully saturated rings. The minimum Gasteiger partial charge on any atom is -0.390 e. The lowest BCUT2D eigenvalue weighted by Gasteiger charge is -2.16. The fourth-order valence-electron chi connectivity index (χ4n) is 2.46. The van der Waals surface area contributed by atoms with E-state index in [1.807, 2.05) is 50.4 Å². The van der Waals surface area contributed by atoms with Gasteiger partial charge in [0.05, 0.1) is 5.60 Å². The summed E-state index contributed by atoms with van der Waals surface area (Å²) in [5, 5.41) is 12.7. The minimum atomic E-state index is -0.671. The van der Waals surface area contributed by atoms with Crippen LogP contribution in [0, 0.1) is 13.8 Å². The van der Waals surface area contributed by atoms with Crippen molar-refractivity contribution in [3.63, 3.8) is 0 Å². The summed E-state index contributed by atoms with van der Waals surface area (Å²) in [6.07, 6.45) is 3.29. The molecule has 0 atom stereocenters. The summed E-state index contributed by atoms with van der Waals surface area (Å²) in [5.41, 5.74) is 4.22. The van der Waals surface area contributed by atoms with Gasteiger partial charge in [-0.05, 0) is 75.4 Å². The Morgan fingerprint density at radius 2 is 1.88 bits per heavy atom. The van der Waals surface area contributed by atoms with Crippen molar-refractivity contribution >= 4 is 5.91 Å². The number of aliphatic hydroxyl groups is 1. The van der Waals surface area contributed by atoms with Crippen LogP contribution < -0.4 is 5.32 Å². The molecule has 1 heterocycles. The quantitative estimate of drug-likeness (QED) is 0.856. The number of pyridine rings is 1. The summed E-state index contributed by atoms with van der Waals surface area (Å²) < 4.78 is 0. The first-order valence-corrected chi connectivity index (χ1v) is 8.26. The van der Waals surface area contributed by atoms with Crippen molar-refractivity contribution < 1.29 is 9.90 Å². The van der Waals surface area contributed by atoms with Gasteiger partial charge in [0.1, 0.15) is 0 Å². The molecule has 0 aliphatic heterocycles. The lowest BCUT2D eigenvalue weighted by molar-refractivity contribution is 0.0713. The average molecular weight is 326 g/mol. The van der Waals surface area contributed by atoms with E-state index in [1.54, 1.807) is 13.8 Å². The number of hydrogen-bond acceptors (Lipinski definition) is 3. The van der Waals surface area contributed by atoms with Crippen LogP contribution in [0.2, 0.25) is 0 Å². The fourth-order valence-corrected chi connectivity index (χ4v) is 2.46. The number of hydrogen-bond donors (Lipinski definition) is 2. The van der Waals surface area contributed by atoms with Crippen LogP contribution in [-0.4, -0.2) is 21.6 Å². The van der Waals surface area contributed by atoms with Crippen molar-refractivity contribution in [3.8, 4) is 0 Å². The maximum absolute atomic E-state index is 12.3. The van der Waals surface area contributed by atoms with Crippen molar-refractivity contribution in [2.24, 2.45) is 0 Å². The highest BCUT2D eigenvalue weighted by atomic mass is 16.3. The molecular formula is C20H26N2O2. The van der Waals surface area contributed by atoms with Crippen molar-refractivity contribution in [2.75, 3.05) is 0 Å². The van der Waals surface area contributed by atoms with Crippen LogP contribution >= 0.6 is 0 Å². The van der Waals surface area contributed by atoms with Crippen LogP contribution in [0.4, 0.5) is 0 Å². The van der Waals surface area contributed by atoms with E-state index in [0.29, 0.717) is 18.5 Å². The Hall–Kier alpha value is -2.20. The first kappa shape index (κ1) is 18.1. The van der Waals surface area contributed by atoms with Crippen LogP contribution in [0.5, 0.6) is 0 Å². The number of carbonyl (C=O) groups excluding carboxylic acids is 1. The van der Waals surface area contributed by atoms with Gasteiger partial charge in [0.15, 0.2) is 0 Å². The van der Waals surface area contributed by atoms with Gasteiger partial charge in [0, 0.05) is 24.0 Å². The van der Waals surface area contributed by atoms with Crippen LogP contribution in [-0.2, 0) is 13.0 Å². The largest absolute Gasteiger partial charge is 0.390 e. The molecule has 4 heteroatoms. The summed E-state index contributed by atoms with van der Waals surface area (Å²) in [5.74, 6) is -0.0935. The molecule has 0 spiro atoms. The number of benzene rings is 1. The molecule has 0 saturated heterocycles. The van der Waals surface area contributed by atoms with E-state index in [9.17, 15) is 9.90 Å². The number of nitrogens with zero attached hydrogens (tertiary/aromatic N) is 1. The first-order chi connectivity index (χ1) is 11.2. The van der Waals surface area contributed by atoms with Gasteiger partial charge in [-0.2, -0.15) is 0 Å². The molecule has 0 aliphatic rings. The summed E-state index contributed by atoms with van der Waals surface area (Å²) in [6.45, 7) is 8.05. The number of amides is 1. The van der Waals surface area contributed by atoms with Gasteiger partial charge in [0.2, 0.25) is 0 Å². The third-order valence-corrected chi connectivity index (χ3v) is 4.04. The molecule has 1 amide bonds. The number of rotatable bonds is 6. The highest BCUT2D eigenvalue weighted by Gasteiger charge is 2.12. The molecule has 0 radical (unpaired) electrons. The Balaban J connectivity index is 1.92. The van der Waals surface area contributed by atoms with E-state index >= 15 is 0 Å². The average Bonchev–Trinajstić information content (AvgIpc) is 2.51. The van der Waals surface area contributed by atoms with Gasteiger partial charge in [-0.1, -0.05) is 12.1 Å². The first-order valence-electron chi connectivity index (χ1n) is 8.26. The van der Waals surface area contributed by atoms with E-state index in [0.717, 1.165) is 28.8 Å². The Morgan fingerprint density at radius 1 is 1.21 bits per heavy atom. The van der Waals surface area contributed by atoms with Crippen molar-refractivity contribution in [1.82, 2.24) is 10.3 Å². The Bertz CT molecular complexity index is 701. The molecule has 1 aromatic carbocycles. The van der Waals surface area contributed by atoms with E-state index < -0.39 is 5.60 Å². The van der Waals surface area contributed by atoms with Crippen LogP contribution in [0.3, 0.4) is 0 Å². The number of aromatic nitrogens is 1. The standard InChI is InChI=1S/C20H26N2O2/c1-14-11-15(2)21-12-18(14)13-22-19(23)17-7-5-16(6-8-17)9-10-20(3,4)24/h5-8,11-12,24H,9-10,13H2,1-4H3,(H,22,23). The Morgan fingerprint density at radius 3 is 2.46 bits per heavy atom. The lowest BCUT2D eigenvalue weighted by atomic mass is 9.98. The fraction of sp³-hybridized carbons (Fsp3) is 0.400. The molecule has 1 aromatic heterocycles. The lowest BCUT2D eigenvalue weighted by Crippen LogP contribution is -2.23. The van der Waals surface area contributed by atoms with Gasteiger partial charge in [-0.3, -0.25) is 9.78 Å². The van der Waals surface area contributed by atoms with Crippen molar-refractivity contribution in [3.05, 3.63) is 64.5 Å². The molecule has 0 saturated carbocycles. The molecule has 2 rings (SSSR count). The van der Waals surface area contributed by atoms with E-state index in [1.165, 1.54) is 0 Å². The Labute approximate surface area is 143 Å². The number of carbonyl (C=O) groups is 1. The summed E-state index contributed by atoms with van der Waals surface area (Å²) in [4.78, 5) is 16.5. The molecule has 0 aliphatic carbocycles. The van der Waals surface area contributed by atoms with Gasteiger partial charge in [-0.25, -0.2) is 0 Å². The summed E-state index contributed by atoms with van der Waals surface area (Å²) >= 11 is 0. The van der Waals surface area contributed by atoms with E-state index in [-0.39, 0.29) is 5.91 Å². The number of nitrogens with one attached hydrogen (secondary N) is 1. The highest BCUT2D eigenvalue weighted by molar-refractivity contribution is 5.94. The molecule has 0 unspecified atom stereocenters. The van der Waals surface area contributed by atoms with Crippen LogP contribution in [0.1, 0.15) is 53.0 Å². The van der Waals surface area contributed by atoms with Gasteiger partial charge < -0.3 is 10.4 Å². The highest BCUT2D eigenvalue weighted by Crippen LogP contribution is 2.14. The zero-order valence-electron chi connectivity index (χ0n) is 14.9. The molecular weight excluding hydrogens is 300 g/mol. The maximum atomic E-state index is 12.3. The molecule has 128 valence electrons. The predicted octanol–water partition coefficient (Wildman–Crippen LogP) is 3.33. The van der Waals surface area contributed by atoms with E-state index in [2.05, 4.69) is 10.3 Å². The molecule has 0 bridgehead atoms. The second kappa shape index (κ2) is 7.58. The van der Waals surface area contributed by atoms with Gasteiger partial charge in [-0.15, -0.1) is 0 Å². The molecule has 2 N–H and O–H groups in total.